The third-order valence-electron chi connectivity index (χ3n) is 2.95. The minimum atomic E-state index is 0.189. The fourth-order valence-electron chi connectivity index (χ4n) is 2.06. The lowest BCUT2D eigenvalue weighted by Crippen LogP contribution is -2.21. The zero-order chi connectivity index (χ0) is 10.8. The van der Waals surface area contributed by atoms with Gasteiger partial charge in [0.25, 0.3) is 0 Å². The third-order valence-corrected chi connectivity index (χ3v) is 2.95. The summed E-state index contributed by atoms with van der Waals surface area (Å²) in [6.45, 7) is 2.78. The van der Waals surface area contributed by atoms with Crippen LogP contribution < -0.4 is 5.73 Å². The molecule has 4 nitrogen and oxygen atoms in total. The predicted molar refractivity (Wildman–Crippen MR) is 58.1 cm³/mol. The number of nitrogens with two attached hydrogens (primary N) is 1. The monoisotopic (exact) mass is 205 g/mol. The number of aromatic nitrogens is 1. The van der Waals surface area contributed by atoms with Crippen LogP contribution in [0.3, 0.4) is 0 Å². The number of anilines is 1. The smallest absolute Gasteiger partial charge is 0.210 e. The average molecular weight is 205 g/mol. The van der Waals surface area contributed by atoms with E-state index in [0.717, 1.165) is 36.9 Å². The van der Waals surface area contributed by atoms with E-state index in [0.29, 0.717) is 5.82 Å². The van der Waals surface area contributed by atoms with Crippen LogP contribution >= 0.6 is 0 Å². The lowest BCUT2D eigenvalue weighted by atomic mass is 10.1. The molecule has 0 spiro atoms. The van der Waals surface area contributed by atoms with Crippen LogP contribution in [-0.4, -0.2) is 22.8 Å². The van der Waals surface area contributed by atoms with E-state index in [1.807, 2.05) is 17.9 Å². The lowest BCUT2D eigenvalue weighted by Gasteiger charge is -2.20. The molecule has 1 aromatic heterocycles. The van der Waals surface area contributed by atoms with Gasteiger partial charge in [0, 0.05) is 12.7 Å². The van der Waals surface area contributed by atoms with Crippen molar-refractivity contribution in [1.82, 2.24) is 9.88 Å². The first-order chi connectivity index (χ1) is 7.22. The Morgan fingerprint density at radius 3 is 3.13 bits per heavy atom. The lowest BCUT2D eigenvalue weighted by molar-refractivity contribution is -0.118. The van der Waals surface area contributed by atoms with Crippen LogP contribution in [-0.2, 0) is 4.79 Å². The minimum absolute atomic E-state index is 0.189. The first kappa shape index (κ1) is 9.96. The molecule has 0 aliphatic carbocycles. The fraction of sp³-hybridized carbons (Fsp3) is 0.455. The van der Waals surface area contributed by atoms with E-state index in [1.54, 1.807) is 6.20 Å². The van der Waals surface area contributed by atoms with Crippen LogP contribution in [0.1, 0.15) is 30.0 Å². The number of hydrogen-bond acceptors (Lipinski definition) is 3. The van der Waals surface area contributed by atoms with Crippen LogP contribution in [0.25, 0.3) is 0 Å². The summed E-state index contributed by atoms with van der Waals surface area (Å²) in [7, 11) is 0. The molecule has 2 heterocycles. The summed E-state index contributed by atoms with van der Waals surface area (Å²) < 4.78 is 0. The maximum Gasteiger partial charge on any atom is 0.210 e. The van der Waals surface area contributed by atoms with Gasteiger partial charge < -0.3 is 10.6 Å². The number of pyridine rings is 1. The van der Waals surface area contributed by atoms with E-state index < -0.39 is 0 Å². The topological polar surface area (TPSA) is 59.2 Å². The van der Waals surface area contributed by atoms with Crippen molar-refractivity contribution in [3.8, 4) is 0 Å². The van der Waals surface area contributed by atoms with E-state index in [1.165, 1.54) is 0 Å². The fourth-order valence-corrected chi connectivity index (χ4v) is 2.06. The van der Waals surface area contributed by atoms with E-state index in [4.69, 9.17) is 5.73 Å². The summed E-state index contributed by atoms with van der Waals surface area (Å²) in [6.07, 6.45) is 4.77. The molecule has 2 rings (SSSR count). The molecule has 1 atom stereocenters. The van der Waals surface area contributed by atoms with Crippen LogP contribution in [0.5, 0.6) is 0 Å². The Kier molecular flexibility index (Phi) is 2.58. The second kappa shape index (κ2) is 3.88. The number of nitrogens with zero attached hydrogens (tertiary/aromatic N) is 2. The van der Waals surface area contributed by atoms with Crippen molar-refractivity contribution in [1.29, 1.82) is 0 Å². The van der Waals surface area contributed by atoms with Crippen molar-refractivity contribution in [2.45, 2.75) is 25.8 Å². The second-order valence-electron chi connectivity index (χ2n) is 3.97. The van der Waals surface area contributed by atoms with Crippen molar-refractivity contribution < 1.29 is 4.79 Å². The van der Waals surface area contributed by atoms with E-state index in [2.05, 4.69) is 4.98 Å². The number of likely N-dealkylation sites (tertiary alicyclic amines) is 1. The zero-order valence-electron chi connectivity index (χ0n) is 8.81. The summed E-state index contributed by atoms with van der Waals surface area (Å²) in [4.78, 5) is 16.8. The normalized spacial score (nSPS) is 20.6. The molecule has 1 aromatic rings. The Morgan fingerprint density at radius 2 is 2.47 bits per heavy atom. The molecule has 0 aromatic carbocycles. The van der Waals surface area contributed by atoms with Crippen LogP contribution in [0.15, 0.2) is 12.3 Å². The van der Waals surface area contributed by atoms with Crippen LogP contribution in [0, 0.1) is 6.92 Å². The Morgan fingerprint density at radius 1 is 1.67 bits per heavy atom. The number of carbonyl (C=O) groups excluding carboxylic acids is 1. The molecule has 80 valence electrons. The van der Waals surface area contributed by atoms with Gasteiger partial charge in [-0.1, -0.05) is 0 Å². The molecular formula is C11H15N3O. The SMILES string of the molecule is Cc1cc([C@@H]2CCCN2C=O)cnc1N. The highest BCUT2D eigenvalue weighted by Crippen LogP contribution is 2.30. The number of rotatable bonds is 2. The molecule has 0 unspecified atom stereocenters. The van der Waals surface area contributed by atoms with E-state index in [-0.39, 0.29) is 6.04 Å². The summed E-state index contributed by atoms with van der Waals surface area (Å²) in [5.41, 5.74) is 7.73. The molecule has 1 amide bonds. The maximum absolute atomic E-state index is 10.8. The molecule has 1 aliphatic heterocycles. The standard InChI is InChI=1S/C11H15N3O/c1-8-5-9(6-13-11(8)12)10-3-2-4-14(10)7-15/h5-7,10H,2-4H2,1H3,(H2,12,13)/t10-/m0/s1. The Labute approximate surface area is 89.1 Å². The van der Waals surface area contributed by atoms with Crippen molar-refractivity contribution in [2.24, 2.45) is 0 Å². The highest BCUT2D eigenvalue weighted by molar-refractivity contribution is 5.50. The largest absolute Gasteiger partial charge is 0.383 e. The number of carbonyl (C=O) groups is 1. The van der Waals surface area contributed by atoms with Gasteiger partial charge in [-0.25, -0.2) is 4.98 Å². The van der Waals surface area contributed by atoms with Gasteiger partial charge in [0.15, 0.2) is 0 Å². The molecule has 15 heavy (non-hydrogen) atoms. The van der Waals surface area contributed by atoms with Gasteiger partial charge in [0.2, 0.25) is 6.41 Å². The van der Waals surface area contributed by atoms with Crippen molar-refractivity contribution in [3.63, 3.8) is 0 Å². The first-order valence-electron chi connectivity index (χ1n) is 5.15. The first-order valence-corrected chi connectivity index (χ1v) is 5.15. The van der Waals surface area contributed by atoms with Gasteiger partial charge in [-0.05, 0) is 37.0 Å². The zero-order valence-corrected chi connectivity index (χ0v) is 8.81. The van der Waals surface area contributed by atoms with Crippen LogP contribution in [0.2, 0.25) is 0 Å². The van der Waals surface area contributed by atoms with Crippen molar-refractivity contribution in [2.75, 3.05) is 12.3 Å². The molecule has 2 N–H and O–H groups in total. The highest BCUT2D eigenvalue weighted by Gasteiger charge is 2.24. The average Bonchev–Trinajstić information content (AvgIpc) is 2.70. The number of hydrogen-bond donors (Lipinski definition) is 1. The summed E-state index contributed by atoms with van der Waals surface area (Å²) in [5.74, 6) is 0.564. The van der Waals surface area contributed by atoms with Gasteiger partial charge in [0.05, 0.1) is 6.04 Å². The second-order valence-corrected chi connectivity index (χ2v) is 3.97. The van der Waals surface area contributed by atoms with Crippen LogP contribution in [0.4, 0.5) is 5.82 Å². The Balaban J connectivity index is 2.28. The van der Waals surface area contributed by atoms with Gasteiger partial charge >= 0.3 is 0 Å². The maximum atomic E-state index is 10.8. The summed E-state index contributed by atoms with van der Waals surface area (Å²) >= 11 is 0. The summed E-state index contributed by atoms with van der Waals surface area (Å²) in [6, 6.07) is 2.21. The van der Waals surface area contributed by atoms with E-state index >= 15 is 0 Å². The molecule has 1 saturated heterocycles. The van der Waals surface area contributed by atoms with Gasteiger partial charge in [-0.15, -0.1) is 0 Å². The number of amides is 1. The molecular weight excluding hydrogens is 190 g/mol. The minimum Gasteiger partial charge on any atom is -0.383 e. The number of nitrogen functional groups attached to an aromatic ring is 1. The van der Waals surface area contributed by atoms with Crippen molar-refractivity contribution >= 4 is 12.2 Å². The van der Waals surface area contributed by atoms with E-state index in [9.17, 15) is 4.79 Å². The molecule has 0 bridgehead atoms. The van der Waals surface area contributed by atoms with Gasteiger partial charge in [-0.2, -0.15) is 0 Å². The molecule has 4 heteroatoms. The predicted octanol–water partition coefficient (Wildman–Crippen LogP) is 1.27. The molecule has 0 saturated carbocycles. The molecule has 1 aliphatic rings. The number of aryl methyl sites for hydroxylation is 1. The quantitative estimate of drug-likeness (QED) is 0.739. The highest BCUT2D eigenvalue weighted by atomic mass is 16.1. The molecule has 1 fully saturated rings. The van der Waals surface area contributed by atoms with Gasteiger partial charge in [0.1, 0.15) is 5.82 Å². The molecule has 0 radical (unpaired) electrons. The van der Waals surface area contributed by atoms with Crippen molar-refractivity contribution in [3.05, 3.63) is 23.4 Å². The Hall–Kier alpha value is -1.58. The van der Waals surface area contributed by atoms with Gasteiger partial charge in [-0.3, -0.25) is 4.79 Å². The third kappa shape index (κ3) is 1.79. The summed E-state index contributed by atoms with van der Waals surface area (Å²) in [5, 5.41) is 0. The Bertz CT molecular complexity index is 378.